The second kappa shape index (κ2) is 6.48. The van der Waals surface area contributed by atoms with Crippen molar-refractivity contribution in [1.82, 2.24) is 5.32 Å². The first kappa shape index (κ1) is 15.8. The van der Waals surface area contributed by atoms with Crippen molar-refractivity contribution in [2.75, 3.05) is 6.54 Å². The van der Waals surface area contributed by atoms with Gasteiger partial charge in [0.1, 0.15) is 5.76 Å². The zero-order valence-corrected chi connectivity index (χ0v) is 13.9. The van der Waals surface area contributed by atoms with Crippen LogP contribution in [-0.2, 0) is 11.8 Å². The van der Waals surface area contributed by atoms with Crippen molar-refractivity contribution in [1.29, 1.82) is 0 Å². The molecule has 1 aromatic heterocycles. The lowest BCUT2D eigenvalue weighted by Gasteiger charge is -2.20. The molecule has 1 N–H and O–H groups in total. The number of nitrogens with one attached hydrogen (secondary N) is 1. The normalized spacial score (nSPS) is 13.4. The second-order valence-corrected chi connectivity index (χ2v) is 6.75. The Kier molecular flexibility index (Phi) is 4.89. The minimum atomic E-state index is 0.210. The Morgan fingerprint density at radius 1 is 1.14 bits per heavy atom. The maximum Gasteiger partial charge on any atom is 0.101 e. The zero-order chi connectivity index (χ0) is 15.5. The molecule has 0 aliphatic rings. The predicted molar refractivity (Wildman–Crippen MR) is 88.7 cm³/mol. The summed E-state index contributed by atoms with van der Waals surface area (Å²) in [5.74, 6) is 0.969. The van der Waals surface area contributed by atoms with Gasteiger partial charge < -0.3 is 9.73 Å². The van der Waals surface area contributed by atoms with E-state index in [1.54, 1.807) is 0 Å². The fourth-order valence-corrected chi connectivity index (χ4v) is 2.58. The van der Waals surface area contributed by atoms with Crippen molar-refractivity contribution in [2.24, 2.45) is 0 Å². The lowest BCUT2D eigenvalue weighted by atomic mass is 9.86. The molecule has 1 heterocycles. The fraction of sp³-hybridized carbons (Fsp3) is 0.474. The predicted octanol–water partition coefficient (Wildman–Crippen LogP) is 4.78. The summed E-state index contributed by atoms with van der Waals surface area (Å²) in [5, 5.41) is 3.55. The number of benzene rings is 1. The van der Waals surface area contributed by atoms with Crippen LogP contribution in [0.3, 0.4) is 0 Å². The van der Waals surface area contributed by atoms with Gasteiger partial charge in [0.2, 0.25) is 0 Å². The molecule has 2 heteroatoms. The summed E-state index contributed by atoms with van der Waals surface area (Å²) in [6, 6.07) is 11.4. The first-order valence-corrected chi connectivity index (χ1v) is 7.78. The molecule has 0 aliphatic carbocycles. The summed E-state index contributed by atoms with van der Waals surface area (Å²) >= 11 is 0. The summed E-state index contributed by atoms with van der Waals surface area (Å²) in [6.07, 6.45) is 2.85. The molecule has 1 unspecified atom stereocenters. The third kappa shape index (κ3) is 4.21. The van der Waals surface area contributed by atoms with Gasteiger partial charge in [-0.05, 0) is 42.5 Å². The monoisotopic (exact) mass is 285 g/mol. The van der Waals surface area contributed by atoms with Gasteiger partial charge in [-0.15, -0.1) is 0 Å². The van der Waals surface area contributed by atoms with Crippen molar-refractivity contribution in [3.63, 3.8) is 0 Å². The Hall–Kier alpha value is -1.54. The summed E-state index contributed by atoms with van der Waals surface area (Å²) in [6.45, 7) is 11.8. The van der Waals surface area contributed by atoms with Crippen LogP contribution in [0.1, 0.15) is 56.2 Å². The van der Waals surface area contributed by atoms with Crippen molar-refractivity contribution in [3.05, 3.63) is 59.0 Å². The molecule has 21 heavy (non-hydrogen) atoms. The van der Waals surface area contributed by atoms with E-state index in [2.05, 4.69) is 63.3 Å². The standard InChI is InChI=1S/C19H27NO/c1-6-20-18(16-11-14(2)21-13-16)12-15-7-9-17(10-8-15)19(3,4)5/h7-11,13,18,20H,6,12H2,1-5H3. The highest BCUT2D eigenvalue weighted by Crippen LogP contribution is 2.25. The van der Waals surface area contributed by atoms with Crippen LogP contribution < -0.4 is 5.32 Å². The van der Waals surface area contributed by atoms with Crippen molar-refractivity contribution >= 4 is 0 Å². The van der Waals surface area contributed by atoms with Gasteiger partial charge in [-0.25, -0.2) is 0 Å². The molecule has 114 valence electrons. The van der Waals surface area contributed by atoms with Crippen LogP contribution >= 0.6 is 0 Å². The fourth-order valence-electron chi connectivity index (χ4n) is 2.58. The number of hydrogen-bond acceptors (Lipinski definition) is 2. The highest BCUT2D eigenvalue weighted by Gasteiger charge is 2.16. The second-order valence-electron chi connectivity index (χ2n) is 6.75. The van der Waals surface area contributed by atoms with Crippen LogP contribution in [0.4, 0.5) is 0 Å². The van der Waals surface area contributed by atoms with E-state index < -0.39 is 0 Å². The molecule has 0 bridgehead atoms. The number of aryl methyl sites for hydroxylation is 1. The van der Waals surface area contributed by atoms with Gasteiger partial charge >= 0.3 is 0 Å². The summed E-state index contributed by atoms with van der Waals surface area (Å²) in [4.78, 5) is 0. The van der Waals surface area contributed by atoms with E-state index in [4.69, 9.17) is 4.42 Å². The van der Waals surface area contributed by atoms with Gasteiger partial charge in [0.25, 0.3) is 0 Å². The van der Waals surface area contributed by atoms with E-state index in [1.165, 1.54) is 16.7 Å². The van der Waals surface area contributed by atoms with E-state index in [-0.39, 0.29) is 5.41 Å². The number of likely N-dealkylation sites (N-methyl/N-ethyl adjacent to an activating group) is 1. The van der Waals surface area contributed by atoms with E-state index in [0.717, 1.165) is 18.7 Å². The Balaban J connectivity index is 2.14. The van der Waals surface area contributed by atoms with Gasteiger partial charge in [0.05, 0.1) is 6.26 Å². The molecule has 0 aliphatic heterocycles. The molecular weight excluding hydrogens is 258 g/mol. The molecule has 0 saturated carbocycles. The smallest absolute Gasteiger partial charge is 0.101 e. The van der Waals surface area contributed by atoms with Crippen LogP contribution in [0.5, 0.6) is 0 Å². The lowest BCUT2D eigenvalue weighted by Crippen LogP contribution is -2.22. The molecule has 1 aromatic carbocycles. The Morgan fingerprint density at radius 2 is 1.81 bits per heavy atom. The van der Waals surface area contributed by atoms with Crippen LogP contribution in [0.2, 0.25) is 0 Å². The molecule has 0 amide bonds. The van der Waals surface area contributed by atoms with E-state index >= 15 is 0 Å². The van der Waals surface area contributed by atoms with Crippen LogP contribution in [0.25, 0.3) is 0 Å². The van der Waals surface area contributed by atoms with Gasteiger partial charge in [-0.2, -0.15) is 0 Å². The number of hydrogen-bond donors (Lipinski definition) is 1. The molecule has 2 aromatic rings. The van der Waals surface area contributed by atoms with Crippen LogP contribution in [-0.4, -0.2) is 6.54 Å². The average molecular weight is 285 g/mol. The Labute approximate surface area is 128 Å². The van der Waals surface area contributed by atoms with Crippen molar-refractivity contribution in [2.45, 2.75) is 52.5 Å². The van der Waals surface area contributed by atoms with Crippen molar-refractivity contribution in [3.8, 4) is 0 Å². The first-order chi connectivity index (χ1) is 9.90. The van der Waals surface area contributed by atoms with Gasteiger partial charge in [0.15, 0.2) is 0 Å². The average Bonchev–Trinajstić information content (AvgIpc) is 2.84. The maximum absolute atomic E-state index is 5.45. The third-order valence-corrected chi connectivity index (χ3v) is 3.86. The van der Waals surface area contributed by atoms with E-state index in [1.807, 2.05) is 13.2 Å². The zero-order valence-electron chi connectivity index (χ0n) is 13.9. The first-order valence-electron chi connectivity index (χ1n) is 7.78. The molecule has 2 nitrogen and oxygen atoms in total. The van der Waals surface area contributed by atoms with E-state index in [0.29, 0.717) is 6.04 Å². The van der Waals surface area contributed by atoms with Crippen LogP contribution in [0.15, 0.2) is 41.0 Å². The SMILES string of the molecule is CCNC(Cc1ccc(C(C)(C)C)cc1)c1coc(C)c1. The summed E-state index contributed by atoms with van der Waals surface area (Å²) in [7, 11) is 0. The molecule has 1 atom stereocenters. The Bertz CT molecular complexity index is 560. The molecular formula is C19H27NO. The topological polar surface area (TPSA) is 25.2 Å². The molecule has 2 rings (SSSR count). The van der Waals surface area contributed by atoms with Gasteiger partial charge in [-0.1, -0.05) is 52.0 Å². The maximum atomic E-state index is 5.45. The number of furan rings is 1. The molecule has 0 spiro atoms. The molecule has 0 fully saturated rings. The van der Waals surface area contributed by atoms with Crippen LogP contribution in [0, 0.1) is 6.92 Å². The largest absolute Gasteiger partial charge is 0.469 e. The Morgan fingerprint density at radius 3 is 2.29 bits per heavy atom. The minimum absolute atomic E-state index is 0.210. The van der Waals surface area contributed by atoms with Crippen molar-refractivity contribution < 1.29 is 4.42 Å². The molecule has 0 radical (unpaired) electrons. The number of rotatable bonds is 5. The highest BCUT2D eigenvalue weighted by molar-refractivity contribution is 5.29. The van der Waals surface area contributed by atoms with E-state index in [9.17, 15) is 0 Å². The quantitative estimate of drug-likeness (QED) is 0.855. The lowest BCUT2D eigenvalue weighted by molar-refractivity contribution is 0.511. The minimum Gasteiger partial charge on any atom is -0.469 e. The van der Waals surface area contributed by atoms with Gasteiger partial charge in [0, 0.05) is 11.6 Å². The summed E-state index contributed by atoms with van der Waals surface area (Å²) in [5.41, 5.74) is 4.17. The highest BCUT2D eigenvalue weighted by atomic mass is 16.3. The molecule has 0 saturated heterocycles. The third-order valence-electron chi connectivity index (χ3n) is 3.86. The summed E-state index contributed by atoms with van der Waals surface area (Å²) < 4.78 is 5.45. The van der Waals surface area contributed by atoms with Gasteiger partial charge in [-0.3, -0.25) is 0 Å².